The number of carbonyl (C=O) groups excluding carboxylic acids is 2. The number of fused-ring (bicyclic) bond motifs is 2. The van der Waals surface area contributed by atoms with Crippen LogP contribution in [0.3, 0.4) is 0 Å². The number of nitrogens with zero attached hydrogens (tertiary/aromatic N) is 6. The molecule has 0 spiro atoms. The number of rotatable bonds is 6. The minimum absolute atomic E-state index is 0.149. The highest BCUT2D eigenvalue weighted by Crippen LogP contribution is 2.35. The summed E-state index contributed by atoms with van der Waals surface area (Å²) in [6, 6.07) is 17.4. The molecular weight excluding hydrogens is 679 g/mol. The summed E-state index contributed by atoms with van der Waals surface area (Å²) in [6.07, 6.45) is 0. The second kappa shape index (κ2) is 12.9. The van der Waals surface area contributed by atoms with Crippen molar-refractivity contribution in [1.29, 1.82) is 0 Å². The maximum atomic E-state index is 13.0. The second-order valence-electron chi connectivity index (χ2n) is 14.1. The predicted octanol–water partition coefficient (Wildman–Crippen LogP) is 6.40. The molecule has 0 atom stereocenters. The molecule has 6 rings (SSSR count). The van der Waals surface area contributed by atoms with Crippen molar-refractivity contribution >= 4 is 57.1 Å². The minimum atomic E-state index is -0.923. The molecule has 0 fully saturated rings. The van der Waals surface area contributed by atoms with Gasteiger partial charge in [0.2, 0.25) is 0 Å². The van der Waals surface area contributed by atoms with Crippen molar-refractivity contribution in [2.24, 2.45) is 0 Å². The Labute approximate surface area is 298 Å². The van der Waals surface area contributed by atoms with Crippen molar-refractivity contribution in [3.05, 3.63) is 93.0 Å². The van der Waals surface area contributed by atoms with Crippen LogP contribution in [0.4, 0.5) is 0 Å². The number of phenolic OH excluding ortho intramolecular Hbond substituents is 2. The Morgan fingerprint density at radius 3 is 1.32 bits per heavy atom. The summed E-state index contributed by atoms with van der Waals surface area (Å²) in [6.45, 7) is 11.8. The van der Waals surface area contributed by atoms with Crippen molar-refractivity contribution in [1.82, 2.24) is 40.6 Å². The van der Waals surface area contributed by atoms with Gasteiger partial charge in [0.25, 0.3) is 0 Å². The molecule has 258 valence electrons. The number of aromatic hydroxyl groups is 2. The number of nitrogens with one attached hydrogen (secondary N) is 2. The quantitative estimate of drug-likeness (QED) is 0.144. The van der Waals surface area contributed by atoms with Crippen LogP contribution in [0.2, 0.25) is 10.0 Å². The van der Waals surface area contributed by atoms with E-state index in [4.69, 9.17) is 23.2 Å². The van der Waals surface area contributed by atoms with E-state index in [-0.39, 0.29) is 35.4 Å². The van der Waals surface area contributed by atoms with E-state index in [1.54, 1.807) is 60.7 Å². The van der Waals surface area contributed by atoms with Gasteiger partial charge in [-0.3, -0.25) is 9.59 Å². The average molecular weight is 716 g/mol. The van der Waals surface area contributed by atoms with Gasteiger partial charge < -0.3 is 20.8 Å². The fourth-order valence-corrected chi connectivity index (χ4v) is 5.63. The third kappa shape index (κ3) is 7.08. The molecular formula is C36H36Cl2N8O4. The van der Waals surface area contributed by atoms with E-state index in [1.807, 2.05) is 41.5 Å². The van der Waals surface area contributed by atoms with Gasteiger partial charge in [-0.15, -0.1) is 30.0 Å². The summed E-state index contributed by atoms with van der Waals surface area (Å²) in [4.78, 5) is 28.7. The van der Waals surface area contributed by atoms with E-state index in [9.17, 15) is 19.8 Å². The molecule has 0 aliphatic carbocycles. The molecule has 0 bridgehead atoms. The number of halogens is 2. The fourth-order valence-electron chi connectivity index (χ4n) is 5.30. The van der Waals surface area contributed by atoms with E-state index >= 15 is 0 Å². The summed E-state index contributed by atoms with van der Waals surface area (Å²) in [5.74, 6) is -2.14. The number of hydrogen-bond donors (Lipinski definition) is 4. The Kier molecular flexibility index (Phi) is 8.96. The van der Waals surface area contributed by atoms with Crippen LogP contribution < -0.4 is 10.6 Å². The van der Waals surface area contributed by atoms with Crippen LogP contribution in [0, 0.1) is 0 Å². The Hall–Kier alpha value is -5.20. The lowest BCUT2D eigenvalue weighted by atomic mass is 9.85. The summed E-state index contributed by atoms with van der Waals surface area (Å²) in [5, 5.41) is 46.8. The number of amides is 2. The molecule has 50 heavy (non-hydrogen) atoms. The number of carbonyl (C=O) groups is 2. The normalized spacial score (nSPS) is 12.1. The second-order valence-corrected chi connectivity index (χ2v) is 15.0. The molecule has 4 N–H and O–H groups in total. The summed E-state index contributed by atoms with van der Waals surface area (Å²) < 4.78 is 0. The lowest BCUT2D eigenvalue weighted by Gasteiger charge is -2.22. The molecule has 4 aromatic carbocycles. The van der Waals surface area contributed by atoms with Crippen LogP contribution in [0.25, 0.3) is 33.4 Å². The Bertz CT molecular complexity index is 2140. The third-order valence-electron chi connectivity index (χ3n) is 8.27. The lowest BCUT2D eigenvalue weighted by molar-refractivity contribution is -0.139. The summed E-state index contributed by atoms with van der Waals surface area (Å²) in [7, 11) is 0. The van der Waals surface area contributed by atoms with Gasteiger partial charge in [0.1, 0.15) is 44.9 Å². The maximum absolute atomic E-state index is 13.0. The molecule has 2 amide bonds. The van der Waals surface area contributed by atoms with E-state index in [0.29, 0.717) is 54.6 Å². The van der Waals surface area contributed by atoms with Gasteiger partial charge in [-0.2, -0.15) is 0 Å². The van der Waals surface area contributed by atoms with Crippen molar-refractivity contribution in [2.45, 2.75) is 65.5 Å². The van der Waals surface area contributed by atoms with Crippen LogP contribution in [0.5, 0.6) is 11.5 Å². The Morgan fingerprint density at radius 2 is 0.960 bits per heavy atom. The van der Waals surface area contributed by atoms with Gasteiger partial charge in [0.15, 0.2) is 0 Å². The predicted molar refractivity (Wildman–Crippen MR) is 192 cm³/mol. The molecule has 6 aromatic rings. The first-order chi connectivity index (χ1) is 23.5. The van der Waals surface area contributed by atoms with Gasteiger partial charge in [0, 0.05) is 34.3 Å². The van der Waals surface area contributed by atoms with Crippen LogP contribution >= 0.6 is 23.2 Å². The van der Waals surface area contributed by atoms with Crippen LogP contribution in [-0.4, -0.2) is 52.0 Å². The highest BCUT2D eigenvalue weighted by Gasteiger charge is 2.24. The zero-order valence-corrected chi connectivity index (χ0v) is 29.8. The maximum Gasteiger partial charge on any atom is 0.309 e. The molecule has 0 saturated heterocycles. The van der Waals surface area contributed by atoms with Crippen molar-refractivity contribution < 1.29 is 19.8 Å². The zero-order chi connectivity index (χ0) is 36.1. The Balaban J connectivity index is 1.22. The number of benzene rings is 4. The highest BCUT2D eigenvalue weighted by molar-refractivity contribution is 6.35. The van der Waals surface area contributed by atoms with Crippen LogP contribution in [0.1, 0.15) is 63.8 Å². The average Bonchev–Trinajstić information content (AvgIpc) is 3.65. The molecule has 2 heterocycles. The number of aromatic nitrogens is 6. The fraction of sp³-hybridized carbons (Fsp3) is 0.278. The first-order valence-electron chi connectivity index (χ1n) is 15.8. The molecule has 0 unspecified atom stereocenters. The third-order valence-corrected chi connectivity index (χ3v) is 8.74. The highest BCUT2D eigenvalue weighted by atomic mass is 35.5. The monoisotopic (exact) mass is 714 g/mol. The van der Waals surface area contributed by atoms with Gasteiger partial charge in [-0.25, -0.2) is 0 Å². The van der Waals surface area contributed by atoms with Gasteiger partial charge in [-0.1, -0.05) is 64.7 Å². The summed E-state index contributed by atoms with van der Waals surface area (Å²) >= 11 is 12.3. The zero-order valence-electron chi connectivity index (χ0n) is 28.3. The summed E-state index contributed by atoms with van der Waals surface area (Å²) in [5.41, 5.74) is 4.69. The minimum Gasteiger partial charge on any atom is -0.505 e. The molecule has 0 radical (unpaired) electrons. The van der Waals surface area contributed by atoms with Gasteiger partial charge in [-0.05, 0) is 82.6 Å². The van der Waals surface area contributed by atoms with E-state index in [2.05, 4.69) is 31.0 Å². The topological polar surface area (TPSA) is 160 Å². The molecule has 0 aliphatic heterocycles. The standard InChI is InChI=1S/C36H36Cl2N8O4/c1-35(2,3)21-11-19(31(47)29(13-21)45-41-25-9-7-23(37)15-27(25)43-45)17-39-33(49)34(50)40-18-20-12-22(36(4,5)6)14-30(32(20)48)46-42-26-10-8-24(38)16-28(26)44-46/h7-16,47-48H,17-18H2,1-6H3,(H,39,49)(H,40,50). The smallest absolute Gasteiger partial charge is 0.309 e. The largest absolute Gasteiger partial charge is 0.505 e. The Morgan fingerprint density at radius 1 is 0.600 bits per heavy atom. The SMILES string of the molecule is CC(C)(C)c1cc(CNC(=O)C(=O)NCc2cc(C(C)(C)C)cc(-n3nc4ccc(Cl)cc4n3)c2O)c(O)c(-n2nc3ccc(Cl)cc3n2)c1. The molecule has 2 aromatic heterocycles. The first kappa shape index (κ1) is 34.7. The molecule has 0 saturated carbocycles. The van der Waals surface area contributed by atoms with Gasteiger partial charge in [0.05, 0.1) is 0 Å². The van der Waals surface area contributed by atoms with E-state index < -0.39 is 11.8 Å². The van der Waals surface area contributed by atoms with Crippen molar-refractivity contribution in [3.63, 3.8) is 0 Å². The van der Waals surface area contributed by atoms with Crippen LogP contribution in [-0.2, 0) is 33.5 Å². The number of phenols is 2. The van der Waals surface area contributed by atoms with Gasteiger partial charge >= 0.3 is 11.8 Å². The molecule has 12 nitrogen and oxygen atoms in total. The number of hydrogen-bond acceptors (Lipinski definition) is 8. The van der Waals surface area contributed by atoms with Crippen molar-refractivity contribution in [3.8, 4) is 22.9 Å². The molecule has 14 heteroatoms. The van der Waals surface area contributed by atoms with Crippen molar-refractivity contribution in [2.75, 3.05) is 0 Å². The van der Waals surface area contributed by atoms with Crippen LogP contribution in [0.15, 0.2) is 60.7 Å². The van der Waals surface area contributed by atoms with E-state index in [1.165, 1.54) is 9.59 Å². The molecule has 0 aliphatic rings. The first-order valence-corrected chi connectivity index (χ1v) is 16.6. The van der Waals surface area contributed by atoms with E-state index in [0.717, 1.165) is 11.1 Å². The lowest BCUT2D eigenvalue weighted by Crippen LogP contribution is -2.39.